The molecule has 0 unspecified atom stereocenters. The Bertz CT molecular complexity index is 492. The van der Waals surface area contributed by atoms with Crippen molar-refractivity contribution in [2.24, 2.45) is 0 Å². The van der Waals surface area contributed by atoms with Crippen LogP contribution in [0, 0.1) is 49.4 Å². The molecule has 0 saturated heterocycles. The maximum atomic E-state index is 10.6. The van der Waals surface area contributed by atoms with Gasteiger partial charge in [-0.1, -0.05) is 6.07 Å². The van der Waals surface area contributed by atoms with Gasteiger partial charge in [0.1, 0.15) is 5.69 Å². The molecule has 2 rings (SSSR count). The molecule has 0 spiro atoms. The first-order chi connectivity index (χ1) is 7.27. The van der Waals surface area contributed by atoms with E-state index in [2.05, 4.69) is 20.2 Å². The maximum absolute atomic E-state index is 10.6. The van der Waals surface area contributed by atoms with Gasteiger partial charge in [-0.15, -0.1) is 5.10 Å². The van der Waals surface area contributed by atoms with E-state index >= 15 is 0 Å². The molecule has 2 aromatic rings. The summed E-state index contributed by atoms with van der Waals surface area (Å²) in [5, 5.41) is 16.0. The van der Waals surface area contributed by atoms with Crippen molar-refractivity contribution >= 4 is 5.97 Å². The number of aromatic nitrogens is 4. The van der Waals surface area contributed by atoms with Gasteiger partial charge in [0, 0.05) is 55.6 Å². The fourth-order valence-electron chi connectivity index (χ4n) is 1.01. The molecule has 0 aliphatic carbocycles. The summed E-state index contributed by atoms with van der Waals surface area (Å²) in [7, 11) is 0. The predicted octanol–water partition coefficient (Wildman–Crippen LogP) is 0.632. The van der Waals surface area contributed by atoms with Gasteiger partial charge in [0.25, 0.3) is 0 Å². The molecule has 2 aromatic heterocycles. The predicted molar refractivity (Wildman–Crippen MR) is 50.0 cm³/mol. The van der Waals surface area contributed by atoms with E-state index in [0.717, 1.165) is 6.20 Å². The second-order valence-electron chi connectivity index (χ2n) is 2.69. The summed E-state index contributed by atoms with van der Waals surface area (Å²) >= 11 is 0. The van der Waals surface area contributed by atoms with Crippen LogP contribution in [-0.2, 0) is 0 Å². The zero-order chi connectivity index (χ0) is 10.7. The molecule has 0 fully saturated rings. The fraction of sp³-hybridized carbons (Fsp3) is 0. The molecule has 0 aliphatic heterocycles. The Morgan fingerprint density at radius 1 is 1.31 bits per heavy atom. The van der Waals surface area contributed by atoms with E-state index in [0.29, 0.717) is 5.69 Å². The molecule has 81 valence electrons. The minimum absolute atomic E-state index is 0. The second kappa shape index (κ2) is 6.07. The number of carboxylic acids is 1. The van der Waals surface area contributed by atoms with E-state index in [1.54, 1.807) is 24.4 Å². The van der Waals surface area contributed by atoms with E-state index in [-0.39, 0.29) is 60.9 Å². The molecule has 0 amide bonds. The molecule has 7 heteroatoms. The van der Waals surface area contributed by atoms with Gasteiger partial charge in [0.2, 0.25) is 5.82 Å². The molecular formula is C9H6EuN4O2. The van der Waals surface area contributed by atoms with Gasteiger partial charge in [-0.05, 0) is 12.1 Å². The fourth-order valence-corrected chi connectivity index (χ4v) is 1.01. The maximum Gasteiger partial charge on any atom is 0.356 e. The molecule has 0 aliphatic rings. The van der Waals surface area contributed by atoms with Crippen molar-refractivity contribution in [3.05, 3.63) is 36.3 Å². The third-order valence-corrected chi connectivity index (χ3v) is 1.67. The molecule has 6 nitrogen and oxygen atoms in total. The molecule has 1 radical (unpaired) electrons. The Morgan fingerprint density at radius 2 is 2.12 bits per heavy atom. The third kappa shape index (κ3) is 3.10. The molecule has 0 aromatic carbocycles. The van der Waals surface area contributed by atoms with Gasteiger partial charge in [0.15, 0.2) is 5.69 Å². The van der Waals surface area contributed by atoms with Crippen LogP contribution in [0.25, 0.3) is 11.5 Å². The zero-order valence-electron chi connectivity index (χ0n) is 7.91. The number of rotatable bonds is 2. The Morgan fingerprint density at radius 3 is 2.75 bits per heavy atom. The summed E-state index contributed by atoms with van der Waals surface area (Å²) in [4.78, 5) is 18.4. The number of hydrogen-bond acceptors (Lipinski definition) is 5. The van der Waals surface area contributed by atoms with Crippen molar-refractivity contribution in [2.45, 2.75) is 0 Å². The SMILES string of the molecule is O=C(O)c1cnnc(-c2ccccn2)n1.[Eu]. The van der Waals surface area contributed by atoms with E-state index in [9.17, 15) is 4.79 Å². The van der Waals surface area contributed by atoms with Crippen LogP contribution in [-0.4, -0.2) is 31.2 Å². The van der Waals surface area contributed by atoms with Crippen molar-refractivity contribution in [1.82, 2.24) is 20.2 Å². The van der Waals surface area contributed by atoms with Crippen LogP contribution in [0.3, 0.4) is 0 Å². The molecule has 0 atom stereocenters. The molecule has 1 N–H and O–H groups in total. The van der Waals surface area contributed by atoms with Gasteiger partial charge >= 0.3 is 5.97 Å². The monoisotopic (exact) mass is 355 g/mol. The van der Waals surface area contributed by atoms with E-state index in [4.69, 9.17) is 5.11 Å². The van der Waals surface area contributed by atoms with Crippen LogP contribution in [0.5, 0.6) is 0 Å². The number of aromatic carboxylic acids is 1. The summed E-state index contributed by atoms with van der Waals surface area (Å²) < 4.78 is 0. The zero-order valence-corrected chi connectivity index (χ0v) is 10.3. The van der Waals surface area contributed by atoms with Crippen molar-refractivity contribution in [3.8, 4) is 11.5 Å². The van der Waals surface area contributed by atoms with Crippen molar-refractivity contribution in [1.29, 1.82) is 0 Å². The summed E-state index contributed by atoms with van der Waals surface area (Å²) in [6.07, 6.45) is 2.67. The summed E-state index contributed by atoms with van der Waals surface area (Å²) in [6, 6.07) is 5.19. The van der Waals surface area contributed by atoms with Crippen molar-refractivity contribution in [2.75, 3.05) is 0 Å². The molecular weight excluding hydrogens is 348 g/mol. The minimum atomic E-state index is -1.14. The summed E-state index contributed by atoms with van der Waals surface area (Å²) in [5.74, 6) is -0.933. The van der Waals surface area contributed by atoms with Gasteiger partial charge in [-0.25, -0.2) is 9.78 Å². The van der Waals surface area contributed by atoms with E-state index in [1.807, 2.05) is 0 Å². The average Bonchev–Trinajstić information content (AvgIpc) is 2.30. The molecule has 2 heterocycles. The van der Waals surface area contributed by atoms with Gasteiger partial charge in [-0.3, -0.25) is 4.98 Å². The average molecular weight is 354 g/mol. The molecule has 0 bridgehead atoms. The van der Waals surface area contributed by atoms with Crippen LogP contribution in [0.1, 0.15) is 10.5 Å². The number of hydrogen-bond donors (Lipinski definition) is 1. The van der Waals surface area contributed by atoms with Gasteiger partial charge < -0.3 is 5.11 Å². The first-order valence-electron chi connectivity index (χ1n) is 4.12. The first kappa shape index (κ1) is 13.3. The Kier molecular flexibility index (Phi) is 5.04. The number of carboxylic acid groups (broad SMARTS) is 1. The summed E-state index contributed by atoms with van der Waals surface area (Å²) in [5.41, 5.74) is 0.346. The number of carbonyl (C=O) groups is 1. The Hall–Kier alpha value is -0.786. The van der Waals surface area contributed by atoms with Crippen LogP contribution < -0.4 is 0 Å². The second-order valence-corrected chi connectivity index (χ2v) is 2.69. The van der Waals surface area contributed by atoms with E-state index < -0.39 is 5.97 Å². The molecule has 0 saturated carbocycles. The van der Waals surface area contributed by atoms with Crippen LogP contribution in [0.15, 0.2) is 30.6 Å². The Balaban J connectivity index is 0.00000128. The van der Waals surface area contributed by atoms with Crippen LogP contribution >= 0.6 is 0 Å². The quantitative estimate of drug-likeness (QED) is 0.851. The topological polar surface area (TPSA) is 88.9 Å². The largest absolute Gasteiger partial charge is 0.476 e. The van der Waals surface area contributed by atoms with Gasteiger partial charge in [-0.2, -0.15) is 5.10 Å². The number of nitrogens with zero attached hydrogens (tertiary/aromatic N) is 4. The summed E-state index contributed by atoms with van der Waals surface area (Å²) in [6.45, 7) is 0. The third-order valence-electron chi connectivity index (χ3n) is 1.67. The number of pyridine rings is 1. The first-order valence-corrected chi connectivity index (χ1v) is 4.12. The molecule has 16 heavy (non-hydrogen) atoms. The van der Waals surface area contributed by atoms with E-state index in [1.165, 1.54) is 0 Å². The van der Waals surface area contributed by atoms with Crippen molar-refractivity contribution in [3.63, 3.8) is 0 Å². The normalized spacial score (nSPS) is 9.25. The smallest absolute Gasteiger partial charge is 0.356 e. The van der Waals surface area contributed by atoms with Gasteiger partial charge in [0.05, 0.1) is 6.20 Å². The van der Waals surface area contributed by atoms with Crippen LogP contribution in [0.4, 0.5) is 0 Å². The minimum Gasteiger partial charge on any atom is -0.476 e. The Labute approximate surface area is 132 Å². The van der Waals surface area contributed by atoms with Crippen LogP contribution in [0.2, 0.25) is 0 Å². The van der Waals surface area contributed by atoms with Crippen molar-refractivity contribution < 1.29 is 59.3 Å². The standard InChI is InChI=1S/C9H6N4O2.Eu/c14-9(15)7-5-11-13-8(12-7)6-3-1-2-4-10-6;/h1-5H,(H,14,15);.